The van der Waals surface area contributed by atoms with Crippen molar-refractivity contribution < 1.29 is 13.2 Å². The van der Waals surface area contributed by atoms with E-state index in [0.29, 0.717) is 34.5 Å². The molecule has 0 radical (unpaired) electrons. The number of likely N-dealkylation sites (N-methyl/N-ethyl adjacent to an activating group) is 1. The van der Waals surface area contributed by atoms with Crippen LogP contribution in [-0.4, -0.2) is 63.3 Å². The number of para-hydroxylation sites is 1. The van der Waals surface area contributed by atoms with Gasteiger partial charge in [0.15, 0.2) is 5.82 Å². The first-order valence-electron chi connectivity index (χ1n) is 11.8. The van der Waals surface area contributed by atoms with E-state index in [1.165, 1.54) is 6.07 Å². The number of H-pyrrole nitrogens is 1. The van der Waals surface area contributed by atoms with Crippen LogP contribution in [0.15, 0.2) is 54.6 Å². The van der Waals surface area contributed by atoms with Gasteiger partial charge >= 0.3 is 6.18 Å². The lowest BCUT2D eigenvalue weighted by Gasteiger charge is -2.32. The van der Waals surface area contributed by atoms with Crippen LogP contribution in [0.25, 0.3) is 11.3 Å². The number of benzene rings is 2. The number of anilines is 5. The molecule has 1 fully saturated rings. The van der Waals surface area contributed by atoms with Crippen LogP contribution < -0.4 is 15.5 Å². The summed E-state index contributed by atoms with van der Waals surface area (Å²) in [6, 6.07) is 14.7. The monoisotopic (exact) mass is 509 g/mol. The van der Waals surface area contributed by atoms with Crippen molar-refractivity contribution >= 4 is 29.4 Å². The Kier molecular flexibility index (Phi) is 6.66. The molecule has 0 atom stereocenters. The highest BCUT2D eigenvalue weighted by Crippen LogP contribution is 2.34. The summed E-state index contributed by atoms with van der Waals surface area (Å²) in [6.45, 7) is 5.08. The molecule has 1 aliphatic heterocycles. The average Bonchev–Trinajstić information content (AvgIpc) is 3.24. The van der Waals surface area contributed by atoms with Gasteiger partial charge in [0.25, 0.3) is 0 Å². The summed E-state index contributed by atoms with van der Waals surface area (Å²) in [4.78, 5) is 18.1. The van der Waals surface area contributed by atoms with Crippen LogP contribution in [0.3, 0.4) is 0 Å². The number of nitrogens with zero attached hydrogens (tertiary/aromatic N) is 6. The van der Waals surface area contributed by atoms with Gasteiger partial charge in [-0.2, -0.15) is 33.2 Å². The van der Waals surface area contributed by atoms with E-state index in [1.54, 1.807) is 13.0 Å². The van der Waals surface area contributed by atoms with Crippen LogP contribution >= 0.6 is 0 Å². The largest absolute Gasteiger partial charge is 0.416 e. The van der Waals surface area contributed by atoms with Crippen molar-refractivity contribution in [3.8, 4) is 11.3 Å². The number of aromatic amines is 1. The Hall–Kier alpha value is -4.19. The molecule has 3 N–H and O–H groups in total. The molecule has 0 aliphatic carbocycles. The average molecular weight is 510 g/mol. The lowest BCUT2D eigenvalue weighted by atomic mass is 10.1. The predicted octanol–water partition coefficient (Wildman–Crippen LogP) is 4.83. The van der Waals surface area contributed by atoms with Crippen molar-refractivity contribution in [2.45, 2.75) is 13.1 Å². The zero-order valence-corrected chi connectivity index (χ0v) is 20.3. The van der Waals surface area contributed by atoms with E-state index in [4.69, 9.17) is 0 Å². The Morgan fingerprint density at radius 1 is 0.865 bits per heavy atom. The van der Waals surface area contributed by atoms with Crippen LogP contribution in [-0.2, 0) is 6.18 Å². The van der Waals surface area contributed by atoms with Crippen LogP contribution in [0, 0.1) is 6.92 Å². The lowest BCUT2D eigenvalue weighted by molar-refractivity contribution is -0.137. The smallest absolute Gasteiger partial charge is 0.338 e. The van der Waals surface area contributed by atoms with Crippen LogP contribution in [0.1, 0.15) is 11.1 Å². The highest BCUT2D eigenvalue weighted by molar-refractivity contribution is 5.71. The standard InChI is InChI=1S/C25H26F3N9/c1-16-20(17-7-6-8-18(15-17)25(26,27)28)34-35-21(16)30-23-31-22(29-19-9-4-3-5-10-19)32-24(33-23)37-13-11-36(2)12-14-37/h3-10,15H,11-14H2,1-2H3,(H3,29,30,31,32,33,34,35). The third-order valence-electron chi connectivity index (χ3n) is 6.16. The molecule has 12 heteroatoms. The number of halogens is 3. The van der Waals surface area contributed by atoms with E-state index in [9.17, 15) is 13.2 Å². The molecular formula is C25H26F3N9. The van der Waals surface area contributed by atoms with Gasteiger partial charge in [-0.1, -0.05) is 30.3 Å². The number of rotatable bonds is 6. The van der Waals surface area contributed by atoms with Crippen molar-refractivity contribution in [3.05, 3.63) is 65.7 Å². The zero-order chi connectivity index (χ0) is 26.0. The fourth-order valence-corrected chi connectivity index (χ4v) is 4.03. The third kappa shape index (κ3) is 5.64. The van der Waals surface area contributed by atoms with Gasteiger partial charge < -0.3 is 20.4 Å². The number of piperazine rings is 1. The number of hydrogen-bond donors (Lipinski definition) is 3. The molecule has 3 heterocycles. The fraction of sp³-hybridized carbons (Fsp3) is 0.280. The van der Waals surface area contributed by atoms with E-state index < -0.39 is 11.7 Å². The molecule has 0 amide bonds. The molecule has 0 spiro atoms. The summed E-state index contributed by atoms with van der Waals surface area (Å²) in [6.07, 6.45) is -4.43. The quantitative estimate of drug-likeness (QED) is 0.340. The van der Waals surface area contributed by atoms with E-state index in [0.717, 1.165) is 44.0 Å². The molecule has 9 nitrogen and oxygen atoms in total. The van der Waals surface area contributed by atoms with Crippen LogP contribution in [0.5, 0.6) is 0 Å². The maximum atomic E-state index is 13.2. The molecule has 5 rings (SSSR count). The summed E-state index contributed by atoms with van der Waals surface area (Å²) < 4.78 is 39.6. The first-order valence-corrected chi connectivity index (χ1v) is 11.8. The molecule has 0 bridgehead atoms. The van der Waals surface area contributed by atoms with Crippen LogP contribution in [0.4, 0.5) is 42.5 Å². The Morgan fingerprint density at radius 3 is 2.27 bits per heavy atom. The van der Waals surface area contributed by atoms with Crippen LogP contribution in [0.2, 0.25) is 0 Å². The summed E-state index contributed by atoms with van der Waals surface area (Å²) in [5.74, 6) is 1.57. The highest BCUT2D eigenvalue weighted by Gasteiger charge is 2.30. The molecule has 0 unspecified atom stereocenters. The molecule has 192 valence electrons. The third-order valence-corrected chi connectivity index (χ3v) is 6.16. The fourth-order valence-electron chi connectivity index (χ4n) is 4.03. The van der Waals surface area contributed by atoms with Crippen molar-refractivity contribution in [1.82, 2.24) is 30.0 Å². The topological polar surface area (TPSA) is 97.9 Å². The van der Waals surface area contributed by atoms with Gasteiger partial charge in [0.1, 0.15) is 0 Å². The van der Waals surface area contributed by atoms with Crippen molar-refractivity contribution in [1.29, 1.82) is 0 Å². The maximum absolute atomic E-state index is 13.2. The second-order valence-corrected chi connectivity index (χ2v) is 8.84. The van der Waals surface area contributed by atoms with Crippen molar-refractivity contribution in [3.63, 3.8) is 0 Å². The lowest BCUT2D eigenvalue weighted by Crippen LogP contribution is -2.45. The number of hydrogen-bond acceptors (Lipinski definition) is 8. The summed E-state index contributed by atoms with van der Waals surface area (Å²) in [7, 11) is 2.07. The summed E-state index contributed by atoms with van der Waals surface area (Å²) >= 11 is 0. The van der Waals surface area contributed by atoms with E-state index in [-0.39, 0.29) is 5.95 Å². The minimum atomic E-state index is -4.43. The Bertz CT molecular complexity index is 1360. The van der Waals surface area contributed by atoms with Crippen molar-refractivity contribution in [2.75, 3.05) is 48.8 Å². The first-order chi connectivity index (χ1) is 17.8. The molecule has 1 saturated heterocycles. The minimum Gasteiger partial charge on any atom is -0.338 e. The number of aromatic nitrogens is 5. The molecule has 0 saturated carbocycles. The highest BCUT2D eigenvalue weighted by atomic mass is 19.4. The number of alkyl halides is 3. The summed E-state index contributed by atoms with van der Waals surface area (Å²) in [5, 5.41) is 13.5. The second kappa shape index (κ2) is 10.1. The van der Waals surface area contributed by atoms with Gasteiger partial charge in [0.05, 0.1) is 11.3 Å². The van der Waals surface area contributed by atoms with Gasteiger partial charge in [0, 0.05) is 43.0 Å². The zero-order valence-electron chi connectivity index (χ0n) is 20.3. The second-order valence-electron chi connectivity index (χ2n) is 8.84. The molecule has 2 aromatic heterocycles. The van der Waals surface area contributed by atoms with Gasteiger partial charge in [-0.3, -0.25) is 5.10 Å². The maximum Gasteiger partial charge on any atom is 0.416 e. The Labute approximate surface area is 211 Å². The SMILES string of the molecule is Cc1c(Nc2nc(Nc3ccccc3)nc(N3CCN(C)CC3)n2)n[nH]c1-c1cccc(C(F)(F)F)c1. The molecule has 2 aromatic carbocycles. The number of nitrogens with one attached hydrogen (secondary N) is 3. The van der Waals surface area contributed by atoms with Gasteiger partial charge in [-0.05, 0) is 38.2 Å². The Morgan fingerprint density at radius 2 is 1.57 bits per heavy atom. The molecule has 1 aliphatic rings. The molecular weight excluding hydrogens is 483 g/mol. The summed E-state index contributed by atoms with van der Waals surface area (Å²) in [5.41, 5.74) is 1.60. The molecule has 37 heavy (non-hydrogen) atoms. The van der Waals surface area contributed by atoms with E-state index in [2.05, 4.69) is 52.6 Å². The van der Waals surface area contributed by atoms with Crippen molar-refractivity contribution in [2.24, 2.45) is 0 Å². The minimum absolute atomic E-state index is 0.271. The first kappa shape index (κ1) is 24.5. The normalized spacial score (nSPS) is 14.6. The van der Waals surface area contributed by atoms with Gasteiger partial charge in [-0.15, -0.1) is 0 Å². The van der Waals surface area contributed by atoms with E-state index in [1.807, 2.05) is 30.3 Å². The van der Waals surface area contributed by atoms with Gasteiger partial charge in [0.2, 0.25) is 17.8 Å². The Balaban J connectivity index is 1.45. The van der Waals surface area contributed by atoms with E-state index >= 15 is 0 Å². The van der Waals surface area contributed by atoms with Gasteiger partial charge in [-0.25, -0.2) is 0 Å². The molecule has 4 aromatic rings. The predicted molar refractivity (Wildman–Crippen MR) is 136 cm³/mol.